The summed E-state index contributed by atoms with van der Waals surface area (Å²) < 4.78 is 14.0. The molecular weight excluding hydrogens is 335 g/mol. The Morgan fingerprint density at radius 3 is 3.00 bits per heavy atom. The predicted molar refractivity (Wildman–Crippen MR) is 83.9 cm³/mol. The average Bonchev–Trinajstić information content (AvgIpc) is 2.95. The highest BCUT2D eigenvalue weighted by Gasteiger charge is 2.13. The van der Waals surface area contributed by atoms with Crippen LogP contribution < -0.4 is 10.6 Å². The van der Waals surface area contributed by atoms with Gasteiger partial charge >= 0.3 is 0 Å². The molecule has 0 aliphatic carbocycles. The van der Waals surface area contributed by atoms with E-state index in [4.69, 9.17) is 0 Å². The minimum Gasteiger partial charge on any atom is -0.384 e. The van der Waals surface area contributed by atoms with Crippen LogP contribution in [0.25, 0.3) is 0 Å². The van der Waals surface area contributed by atoms with E-state index in [0.717, 1.165) is 28.7 Å². The molecule has 1 heterocycles. The molecular formula is C16H14BrFN2O. The van der Waals surface area contributed by atoms with Gasteiger partial charge in [-0.3, -0.25) is 4.79 Å². The third-order valence-corrected chi connectivity index (χ3v) is 4.30. The minimum absolute atomic E-state index is 0.152. The van der Waals surface area contributed by atoms with Gasteiger partial charge in [0.1, 0.15) is 5.82 Å². The van der Waals surface area contributed by atoms with E-state index >= 15 is 0 Å². The fraction of sp³-hybridized carbons (Fsp3) is 0.188. The Bertz CT molecular complexity index is 703. The predicted octanol–water partition coefficient (Wildman–Crippen LogP) is 3.49. The van der Waals surface area contributed by atoms with Gasteiger partial charge in [-0.2, -0.15) is 0 Å². The Morgan fingerprint density at radius 2 is 2.14 bits per heavy atom. The van der Waals surface area contributed by atoms with Crippen LogP contribution in [0.15, 0.2) is 40.9 Å². The van der Waals surface area contributed by atoms with Gasteiger partial charge in [0.05, 0.1) is 0 Å². The third-order valence-electron chi connectivity index (χ3n) is 3.52. The number of fused-ring (bicyclic) bond motifs is 1. The van der Waals surface area contributed by atoms with Crippen LogP contribution in [-0.2, 0) is 13.0 Å². The number of carbonyl (C=O) groups excluding carboxylic acids is 1. The van der Waals surface area contributed by atoms with Gasteiger partial charge in [0.15, 0.2) is 0 Å². The lowest BCUT2D eigenvalue weighted by Crippen LogP contribution is -2.23. The first-order valence-corrected chi connectivity index (χ1v) is 7.52. The number of nitrogens with one attached hydrogen (secondary N) is 2. The van der Waals surface area contributed by atoms with Crippen LogP contribution in [0.3, 0.4) is 0 Å². The molecule has 2 aromatic rings. The number of halogens is 2. The molecule has 5 heteroatoms. The molecule has 0 fully saturated rings. The van der Waals surface area contributed by atoms with E-state index in [1.165, 1.54) is 12.1 Å². The number of rotatable bonds is 3. The largest absolute Gasteiger partial charge is 0.384 e. The summed E-state index contributed by atoms with van der Waals surface area (Å²) in [6.07, 6.45) is 0.936. The van der Waals surface area contributed by atoms with Crippen LogP contribution in [0.2, 0.25) is 0 Å². The summed E-state index contributed by atoms with van der Waals surface area (Å²) in [4.78, 5) is 12.2. The van der Waals surface area contributed by atoms with Crippen molar-refractivity contribution in [1.82, 2.24) is 5.32 Å². The van der Waals surface area contributed by atoms with Crippen molar-refractivity contribution < 1.29 is 9.18 Å². The fourth-order valence-electron chi connectivity index (χ4n) is 2.40. The molecule has 0 saturated heterocycles. The highest BCUT2D eigenvalue weighted by Crippen LogP contribution is 2.23. The first kappa shape index (κ1) is 14.1. The number of benzene rings is 2. The van der Waals surface area contributed by atoms with Crippen molar-refractivity contribution in [2.75, 3.05) is 11.9 Å². The molecule has 0 spiro atoms. The SMILES string of the molecule is O=C(NCc1cc(F)ccc1Br)c1ccc2c(c1)CCN2. The van der Waals surface area contributed by atoms with Crippen LogP contribution in [0, 0.1) is 5.82 Å². The fourth-order valence-corrected chi connectivity index (χ4v) is 2.79. The smallest absolute Gasteiger partial charge is 0.251 e. The second-order valence-corrected chi connectivity index (χ2v) is 5.82. The standard InChI is InChI=1S/C16H14BrFN2O/c17-14-3-2-13(18)8-12(14)9-20-16(21)11-1-4-15-10(7-11)5-6-19-15/h1-4,7-8,19H,5-6,9H2,(H,20,21). The van der Waals surface area contributed by atoms with E-state index in [2.05, 4.69) is 26.6 Å². The van der Waals surface area contributed by atoms with Gasteiger partial charge < -0.3 is 10.6 Å². The van der Waals surface area contributed by atoms with E-state index in [1.54, 1.807) is 12.1 Å². The van der Waals surface area contributed by atoms with Gasteiger partial charge in [0.2, 0.25) is 0 Å². The van der Waals surface area contributed by atoms with Crippen LogP contribution in [0.4, 0.5) is 10.1 Å². The number of carbonyl (C=O) groups is 1. The molecule has 0 radical (unpaired) electrons. The summed E-state index contributed by atoms with van der Waals surface area (Å²) in [6, 6.07) is 10.1. The Kier molecular flexibility index (Phi) is 3.92. The van der Waals surface area contributed by atoms with E-state index in [-0.39, 0.29) is 18.3 Å². The molecule has 0 atom stereocenters. The van der Waals surface area contributed by atoms with Crippen molar-refractivity contribution in [1.29, 1.82) is 0 Å². The zero-order valence-electron chi connectivity index (χ0n) is 11.2. The molecule has 0 unspecified atom stereocenters. The summed E-state index contributed by atoms with van der Waals surface area (Å²) >= 11 is 3.35. The van der Waals surface area contributed by atoms with Crippen LogP contribution in [0.5, 0.6) is 0 Å². The van der Waals surface area contributed by atoms with Gasteiger partial charge in [-0.25, -0.2) is 4.39 Å². The normalized spacial score (nSPS) is 12.7. The van der Waals surface area contributed by atoms with Crippen LogP contribution in [-0.4, -0.2) is 12.5 Å². The molecule has 1 aliphatic heterocycles. The highest BCUT2D eigenvalue weighted by atomic mass is 79.9. The number of amides is 1. The average molecular weight is 349 g/mol. The van der Waals surface area contributed by atoms with Gasteiger partial charge in [-0.1, -0.05) is 15.9 Å². The Morgan fingerprint density at radius 1 is 1.29 bits per heavy atom. The van der Waals surface area contributed by atoms with Crippen molar-refractivity contribution in [2.24, 2.45) is 0 Å². The number of anilines is 1. The monoisotopic (exact) mass is 348 g/mol. The molecule has 0 bridgehead atoms. The molecule has 3 rings (SSSR count). The van der Waals surface area contributed by atoms with Crippen molar-refractivity contribution in [3.8, 4) is 0 Å². The maximum atomic E-state index is 13.2. The maximum absolute atomic E-state index is 13.2. The zero-order chi connectivity index (χ0) is 14.8. The Labute approximate surface area is 130 Å². The summed E-state index contributed by atoms with van der Waals surface area (Å²) in [5, 5.41) is 6.08. The molecule has 2 N–H and O–H groups in total. The number of hydrogen-bond donors (Lipinski definition) is 2. The quantitative estimate of drug-likeness (QED) is 0.891. The van der Waals surface area contributed by atoms with Crippen molar-refractivity contribution in [2.45, 2.75) is 13.0 Å². The maximum Gasteiger partial charge on any atom is 0.251 e. The van der Waals surface area contributed by atoms with E-state index in [1.807, 2.05) is 12.1 Å². The van der Waals surface area contributed by atoms with Crippen molar-refractivity contribution in [3.05, 3.63) is 63.4 Å². The van der Waals surface area contributed by atoms with E-state index in [9.17, 15) is 9.18 Å². The third kappa shape index (κ3) is 3.08. The summed E-state index contributed by atoms with van der Waals surface area (Å²) in [6.45, 7) is 1.20. The molecule has 0 aromatic heterocycles. The Hall–Kier alpha value is -1.88. The molecule has 21 heavy (non-hydrogen) atoms. The molecule has 1 amide bonds. The zero-order valence-corrected chi connectivity index (χ0v) is 12.8. The van der Waals surface area contributed by atoms with Gasteiger partial charge in [0, 0.05) is 28.8 Å². The Balaban J connectivity index is 1.70. The van der Waals surface area contributed by atoms with Crippen LogP contribution in [0.1, 0.15) is 21.5 Å². The summed E-state index contributed by atoms with van der Waals surface area (Å²) in [5.74, 6) is -0.466. The highest BCUT2D eigenvalue weighted by molar-refractivity contribution is 9.10. The lowest BCUT2D eigenvalue weighted by molar-refractivity contribution is 0.0950. The lowest BCUT2D eigenvalue weighted by Gasteiger charge is -2.08. The van der Waals surface area contributed by atoms with Crippen LogP contribution >= 0.6 is 15.9 Å². The van der Waals surface area contributed by atoms with Crippen molar-refractivity contribution >= 4 is 27.5 Å². The molecule has 0 saturated carbocycles. The topological polar surface area (TPSA) is 41.1 Å². The first-order valence-electron chi connectivity index (χ1n) is 6.72. The second kappa shape index (κ2) is 5.85. The van der Waals surface area contributed by atoms with Gasteiger partial charge in [-0.05, 0) is 53.9 Å². The van der Waals surface area contributed by atoms with Crippen molar-refractivity contribution in [3.63, 3.8) is 0 Å². The first-order chi connectivity index (χ1) is 10.1. The molecule has 2 aromatic carbocycles. The molecule has 1 aliphatic rings. The molecule has 3 nitrogen and oxygen atoms in total. The van der Waals surface area contributed by atoms with E-state index < -0.39 is 0 Å². The molecule has 108 valence electrons. The second-order valence-electron chi connectivity index (χ2n) is 4.97. The summed E-state index contributed by atoms with van der Waals surface area (Å²) in [5.41, 5.74) is 3.60. The van der Waals surface area contributed by atoms with Gasteiger partial charge in [-0.15, -0.1) is 0 Å². The minimum atomic E-state index is -0.314. The summed E-state index contributed by atoms with van der Waals surface area (Å²) in [7, 11) is 0. The van der Waals surface area contributed by atoms with E-state index in [0.29, 0.717) is 11.1 Å². The number of hydrogen-bond acceptors (Lipinski definition) is 2. The lowest BCUT2D eigenvalue weighted by atomic mass is 10.1. The van der Waals surface area contributed by atoms with Gasteiger partial charge in [0.25, 0.3) is 5.91 Å².